The molecule has 1 unspecified atom stereocenters. The third-order valence-corrected chi connectivity index (χ3v) is 5.71. The van der Waals surface area contributed by atoms with Crippen LogP contribution in [0, 0.1) is 5.92 Å². The summed E-state index contributed by atoms with van der Waals surface area (Å²) >= 11 is 0. The van der Waals surface area contributed by atoms with Gasteiger partial charge >= 0.3 is 0 Å². The maximum atomic E-state index is 12.2. The largest absolute Gasteiger partial charge is 0.330 e. The highest BCUT2D eigenvalue weighted by Gasteiger charge is 2.31. The molecule has 0 amide bonds. The molecule has 0 aliphatic heterocycles. The quantitative estimate of drug-likeness (QED) is 0.794. The fourth-order valence-corrected chi connectivity index (χ4v) is 4.14. The van der Waals surface area contributed by atoms with Gasteiger partial charge in [0.05, 0.1) is 5.25 Å². The van der Waals surface area contributed by atoms with Crippen molar-refractivity contribution in [2.24, 2.45) is 11.7 Å². The molecule has 96 valence electrons. The molecule has 0 saturated heterocycles. The molecule has 1 aliphatic rings. The van der Waals surface area contributed by atoms with Crippen LogP contribution in [0.1, 0.15) is 39.0 Å². The molecular weight excluding hydrogens is 224 g/mol. The molecule has 0 bridgehead atoms. The van der Waals surface area contributed by atoms with E-state index in [9.17, 15) is 8.42 Å². The van der Waals surface area contributed by atoms with Gasteiger partial charge in [-0.3, -0.25) is 0 Å². The molecule has 4 nitrogen and oxygen atoms in total. The summed E-state index contributed by atoms with van der Waals surface area (Å²) in [6, 6.07) is 0. The second-order valence-corrected chi connectivity index (χ2v) is 7.25. The van der Waals surface area contributed by atoms with Crippen LogP contribution >= 0.6 is 0 Å². The molecule has 0 aromatic carbocycles. The summed E-state index contributed by atoms with van der Waals surface area (Å²) in [7, 11) is -1.41. The fraction of sp³-hybridized carbons (Fsp3) is 1.00. The molecule has 0 radical (unpaired) electrons. The predicted octanol–water partition coefficient (Wildman–Crippen LogP) is 1.18. The lowest BCUT2D eigenvalue weighted by molar-refractivity contribution is 0.385. The van der Waals surface area contributed by atoms with Gasteiger partial charge in [0.25, 0.3) is 0 Å². The second-order valence-electron chi connectivity index (χ2n) is 4.93. The fourth-order valence-electron chi connectivity index (χ4n) is 2.23. The van der Waals surface area contributed by atoms with Crippen LogP contribution in [0.2, 0.25) is 0 Å². The van der Waals surface area contributed by atoms with Gasteiger partial charge in [-0.2, -0.15) is 0 Å². The zero-order valence-electron chi connectivity index (χ0n) is 10.4. The van der Waals surface area contributed by atoms with E-state index < -0.39 is 10.0 Å². The summed E-state index contributed by atoms with van der Waals surface area (Å²) in [6.07, 6.45) is 4.91. The molecule has 0 aromatic rings. The maximum absolute atomic E-state index is 12.2. The third-order valence-electron chi connectivity index (χ3n) is 3.38. The van der Waals surface area contributed by atoms with Gasteiger partial charge < -0.3 is 5.73 Å². The van der Waals surface area contributed by atoms with Crippen molar-refractivity contribution in [2.45, 2.75) is 44.3 Å². The monoisotopic (exact) mass is 248 g/mol. The maximum Gasteiger partial charge on any atom is 0.216 e. The Labute approximate surface area is 99.2 Å². The van der Waals surface area contributed by atoms with Gasteiger partial charge in [-0.25, -0.2) is 12.7 Å². The molecule has 1 saturated carbocycles. The number of nitrogens with two attached hydrogens (primary N) is 1. The van der Waals surface area contributed by atoms with Gasteiger partial charge in [0.1, 0.15) is 0 Å². The van der Waals surface area contributed by atoms with E-state index in [1.165, 1.54) is 10.7 Å². The molecule has 0 spiro atoms. The molecular formula is C11H24N2O2S. The first-order valence-corrected chi connectivity index (χ1v) is 7.64. The van der Waals surface area contributed by atoms with Crippen LogP contribution in [0.5, 0.6) is 0 Å². The SMILES string of the molecule is CC(CN)CN(C)S(=O)(=O)C1CCCCC1. The molecule has 5 heteroatoms. The Hall–Kier alpha value is -0.130. The Kier molecular flexibility index (Phi) is 5.21. The molecule has 2 N–H and O–H groups in total. The molecule has 1 fully saturated rings. The topological polar surface area (TPSA) is 63.4 Å². The number of hydrogen-bond donors (Lipinski definition) is 1. The van der Waals surface area contributed by atoms with Crippen molar-refractivity contribution in [3.05, 3.63) is 0 Å². The van der Waals surface area contributed by atoms with E-state index in [0.29, 0.717) is 13.1 Å². The average Bonchev–Trinajstić information content (AvgIpc) is 2.29. The van der Waals surface area contributed by atoms with Crippen molar-refractivity contribution < 1.29 is 8.42 Å². The number of hydrogen-bond acceptors (Lipinski definition) is 3. The Morgan fingerprint density at radius 1 is 1.31 bits per heavy atom. The second kappa shape index (κ2) is 5.98. The first-order valence-electron chi connectivity index (χ1n) is 6.13. The van der Waals surface area contributed by atoms with E-state index >= 15 is 0 Å². The highest BCUT2D eigenvalue weighted by Crippen LogP contribution is 2.25. The first-order chi connectivity index (χ1) is 7.48. The normalized spacial score (nSPS) is 21.2. The van der Waals surface area contributed by atoms with Crippen LogP contribution in [0.25, 0.3) is 0 Å². The van der Waals surface area contributed by atoms with Gasteiger partial charge in [-0.1, -0.05) is 26.2 Å². The zero-order valence-corrected chi connectivity index (χ0v) is 11.2. The van der Waals surface area contributed by atoms with E-state index in [1.54, 1.807) is 7.05 Å². The first kappa shape index (κ1) is 13.9. The van der Waals surface area contributed by atoms with Gasteiger partial charge in [0, 0.05) is 13.6 Å². The van der Waals surface area contributed by atoms with Crippen molar-refractivity contribution in [2.75, 3.05) is 20.1 Å². The Balaban J connectivity index is 2.61. The Bertz CT molecular complexity index is 297. The lowest BCUT2D eigenvalue weighted by atomic mass is 10.0. The van der Waals surface area contributed by atoms with Crippen LogP contribution in [0.4, 0.5) is 0 Å². The molecule has 1 atom stereocenters. The number of rotatable bonds is 5. The lowest BCUT2D eigenvalue weighted by Crippen LogP contribution is -2.40. The molecule has 0 heterocycles. The van der Waals surface area contributed by atoms with Crippen LogP contribution < -0.4 is 5.73 Å². The summed E-state index contributed by atoms with van der Waals surface area (Å²) in [5, 5.41) is -0.156. The molecule has 16 heavy (non-hydrogen) atoms. The molecule has 0 aromatic heterocycles. The van der Waals surface area contributed by atoms with Crippen molar-refractivity contribution in [3.8, 4) is 0 Å². The summed E-state index contributed by atoms with van der Waals surface area (Å²) in [5.41, 5.74) is 5.52. The molecule has 1 rings (SSSR count). The highest BCUT2D eigenvalue weighted by atomic mass is 32.2. The zero-order chi connectivity index (χ0) is 12.2. The lowest BCUT2D eigenvalue weighted by Gasteiger charge is -2.28. The molecule has 1 aliphatic carbocycles. The van der Waals surface area contributed by atoms with E-state index in [-0.39, 0.29) is 11.2 Å². The van der Waals surface area contributed by atoms with E-state index in [1.807, 2.05) is 6.92 Å². The van der Waals surface area contributed by atoms with Crippen molar-refractivity contribution >= 4 is 10.0 Å². The van der Waals surface area contributed by atoms with E-state index in [0.717, 1.165) is 25.7 Å². The van der Waals surface area contributed by atoms with Crippen LogP contribution in [-0.2, 0) is 10.0 Å². The van der Waals surface area contributed by atoms with E-state index in [2.05, 4.69) is 0 Å². The standard InChI is InChI=1S/C11H24N2O2S/c1-10(8-12)9-13(2)16(14,15)11-6-4-3-5-7-11/h10-11H,3-9,12H2,1-2H3. The minimum atomic E-state index is -3.09. The van der Waals surface area contributed by atoms with Gasteiger partial charge in [-0.05, 0) is 25.3 Å². The highest BCUT2D eigenvalue weighted by molar-refractivity contribution is 7.89. The minimum absolute atomic E-state index is 0.156. The van der Waals surface area contributed by atoms with Crippen molar-refractivity contribution in [1.82, 2.24) is 4.31 Å². The summed E-state index contributed by atoms with van der Waals surface area (Å²) < 4.78 is 25.9. The predicted molar refractivity (Wildman–Crippen MR) is 66.6 cm³/mol. The smallest absolute Gasteiger partial charge is 0.216 e. The number of sulfonamides is 1. The van der Waals surface area contributed by atoms with Gasteiger partial charge in [-0.15, -0.1) is 0 Å². The van der Waals surface area contributed by atoms with Gasteiger partial charge in [0.15, 0.2) is 0 Å². The van der Waals surface area contributed by atoms with Crippen LogP contribution in [-0.4, -0.2) is 38.1 Å². The summed E-state index contributed by atoms with van der Waals surface area (Å²) in [5.74, 6) is 0.225. The third kappa shape index (κ3) is 3.43. The minimum Gasteiger partial charge on any atom is -0.330 e. The van der Waals surface area contributed by atoms with Crippen molar-refractivity contribution in [1.29, 1.82) is 0 Å². The van der Waals surface area contributed by atoms with Gasteiger partial charge in [0.2, 0.25) is 10.0 Å². The number of nitrogens with zero attached hydrogens (tertiary/aromatic N) is 1. The van der Waals surface area contributed by atoms with Crippen molar-refractivity contribution in [3.63, 3.8) is 0 Å². The Morgan fingerprint density at radius 3 is 2.38 bits per heavy atom. The van der Waals surface area contributed by atoms with Crippen LogP contribution in [0.15, 0.2) is 0 Å². The summed E-state index contributed by atoms with van der Waals surface area (Å²) in [4.78, 5) is 0. The Morgan fingerprint density at radius 2 is 1.88 bits per heavy atom. The van der Waals surface area contributed by atoms with E-state index in [4.69, 9.17) is 5.73 Å². The summed E-state index contributed by atoms with van der Waals surface area (Å²) in [6.45, 7) is 3.05. The van der Waals surface area contributed by atoms with Crippen LogP contribution in [0.3, 0.4) is 0 Å². The average molecular weight is 248 g/mol.